The molecule has 6 heteroatoms. The maximum atomic E-state index is 13.1. The van der Waals surface area contributed by atoms with E-state index in [2.05, 4.69) is 5.10 Å². The maximum absolute atomic E-state index is 13.1. The molecule has 0 aliphatic rings. The molecule has 0 saturated carbocycles. The van der Waals surface area contributed by atoms with Gasteiger partial charge >= 0.3 is 0 Å². The van der Waals surface area contributed by atoms with Crippen molar-refractivity contribution in [1.82, 2.24) is 9.78 Å². The molecule has 0 amide bonds. The van der Waals surface area contributed by atoms with Crippen LogP contribution in [0.3, 0.4) is 0 Å². The second kappa shape index (κ2) is 5.48. The summed E-state index contributed by atoms with van der Waals surface area (Å²) in [4.78, 5) is 12.2. The molecule has 2 aromatic rings. The van der Waals surface area contributed by atoms with Gasteiger partial charge in [-0.1, -0.05) is 18.5 Å². The van der Waals surface area contributed by atoms with E-state index in [0.29, 0.717) is 12.6 Å². The summed E-state index contributed by atoms with van der Waals surface area (Å²) in [7, 11) is 0. The number of halogens is 3. The van der Waals surface area contributed by atoms with Crippen LogP contribution < -0.4 is 0 Å². The van der Waals surface area contributed by atoms with Gasteiger partial charge in [-0.05, 0) is 18.6 Å². The van der Waals surface area contributed by atoms with E-state index in [-0.39, 0.29) is 16.3 Å². The standard InChI is InChI=1S/C13H11ClF2N2O/c1-2-3-18-12(11(14)7-17-18)13(19)8-4-9(15)6-10(16)5-8/h4-7H,2-3H2,1H3. The van der Waals surface area contributed by atoms with E-state index in [1.54, 1.807) is 0 Å². The van der Waals surface area contributed by atoms with Gasteiger partial charge < -0.3 is 0 Å². The Morgan fingerprint density at radius 2 is 1.95 bits per heavy atom. The molecule has 1 aromatic heterocycles. The number of aryl methyl sites for hydroxylation is 1. The highest BCUT2D eigenvalue weighted by Crippen LogP contribution is 2.20. The Labute approximate surface area is 113 Å². The number of hydrogen-bond donors (Lipinski definition) is 0. The van der Waals surface area contributed by atoms with Crippen LogP contribution in [-0.4, -0.2) is 15.6 Å². The van der Waals surface area contributed by atoms with Crippen molar-refractivity contribution in [1.29, 1.82) is 0 Å². The quantitative estimate of drug-likeness (QED) is 0.806. The minimum absolute atomic E-state index is 0.0859. The first kappa shape index (κ1) is 13.7. The number of nitrogens with zero attached hydrogens (tertiary/aromatic N) is 2. The van der Waals surface area contributed by atoms with Crippen molar-refractivity contribution in [3.05, 3.63) is 52.3 Å². The van der Waals surface area contributed by atoms with Gasteiger partial charge in [0.15, 0.2) is 0 Å². The van der Waals surface area contributed by atoms with E-state index >= 15 is 0 Å². The van der Waals surface area contributed by atoms with E-state index < -0.39 is 17.4 Å². The molecule has 0 aliphatic heterocycles. The summed E-state index contributed by atoms with van der Waals surface area (Å²) in [6.07, 6.45) is 2.11. The van der Waals surface area contributed by atoms with Gasteiger partial charge in [0.2, 0.25) is 5.78 Å². The van der Waals surface area contributed by atoms with Crippen LogP contribution in [0.25, 0.3) is 0 Å². The zero-order valence-electron chi connectivity index (χ0n) is 10.2. The average molecular weight is 285 g/mol. The largest absolute Gasteiger partial charge is 0.287 e. The van der Waals surface area contributed by atoms with E-state index in [9.17, 15) is 13.6 Å². The lowest BCUT2D eigenvalue weighted by Crippen LogP contribution is -2.12. The van der Waals surface area contributed by atoms with Gasteiger partial charge in [0.25, 0.3) is 0 Å². The first-order valence-electron chi connectivity index (χ1n) is 5.75. The van der Waals surface area contributed by atoms with Gasteiger partial charge in [-0.15, -0.1) is 0 Å². The van der Waals surface area contributed by atoms with Gasteiger partial charge in [0.05, 0.1) is 11.2 Å². The zero-order valence-corrected chi connectivity index (χ0v) is 10.9. The Kier molecular flexibility index (Phi) is 3.95. The molecule has 0 saturated heterocycles. The van der Waals surface area contributed by atoms with Crippen LogP contribution in [0.2, 0.25) is 5.02 Å². The molecule has 3 nitrogen and oxygen atoms in total. The zero-order chi connectivity index (χ0) is 14.0. The van der Waals surface area contributed by atoms with Crippen LogP contribution in [-0.2, 0) is 6.54 Å². The monoisotopic (exact) mass is 284 g/mol. The fourth-order valence-electron chi connectivity index (χ4n) is 1.79. The molecule has 0 unspecified atom stereocenters. The highest BCUT2D eigenvalue weighted by atomic mass is 35.5. The summed E-state index contributed by atoms with van der Waals surface area (Å²) in [5, 5.41) is 4.14. The smallest absolute Gasteiger partial charge is 0.212 e. The fraction of sp³-hybridized carbons (Fsp3) is 0.231. The van der Waals surface area contributed by atoms with Gasteiger partial charge in [-0.2, -0.15) is 5.10 Å². The summed E-state index contributed by atoms with van der Waals surface area (Å²) < 4.78 is 27.7. The second-order valence-corrected chi connectivity index (χ2v) is 4.46. The third-order valence-corrected chi connectivity index (χ3v) is 2.85. The molecule has 0 N–H and O–H groups in total. The highest BCUT2D eigenvalue weighted by Gasteiger charge is 2.20. The van der Waals surface area contributed by atoms with E-state index in [1.165, 1.54) is 10.9 Å². The summed E-state index contributed by atoms with van der Waals surface area (Å²) in [5.41, 5.74) is 0.0609. The molecule has 2 rings (SSSR count). The first-order valence-corrected chi connectivity index (χ1v) is 6.12. The predicted octanol–water partition coefficient (Wildman–Crippen LogP) is 3.46. The van der Waals surface area contributed by atoms with Gasteiger partial charge in [0.1, 0.15) is 17.3 Å². The van der Waals surface area contributed by atoms with Crippen LogP contribution in [0, 0.1) is 11.6 Å². The topological polar surface area (TPSA) is 34.9 Å². The molecule has 100 valence electrons. The molecule has 0 bridgehead atoms. The lowest BCUT2D eigenvalue weighted by molar-refractivity contribution is 0.102. The van der Waals surface area contributed by atoms with Crippen molar-refractivity contribution in [3.8, 4) is 0 Å². The Bertz CT molecular complexity index is 605. The van der Waals surface area contributed by atoms with Crippen LogP contribution in [0.1, 0.15) is 29.4 Å². The molecule has 1 aromatic carbocycles. The van der Waals surface area contributed by atoms with E-state index in [4.69, 9.17) is 11.6 Å². The Hall–Kier alpha value is -1.75. The number of carbonyl (C=O) groups excluding carboxylic acids is 1. The van der Waals surface area contributed by atoms with Crippen LogP contribution in [0.5, 0.6) is 0 Å². The molecule has 0 aliphatic carbocycles. The fourth-order valence-corrected chi connectivity index (χ4v) is 2.02. The van der Waals surface area contributed by atoms with Crippen molar-refractivity contribution in [2.75, 3.05) is 0 Å². The number of benzene rings is 1. The second-order valence-electron chi connectivity index (χ2n) is 4.05. The summed E-state index contributed by atoms with van der Waals surface area (Å²) in [6.45, 7) is 2.43. The van der Waals surface area contributed by atoms with Gasteiger partial charge in [0, 0.05) is 18.2 Å². The number of hydrogen-bond acceptors (Lipinski definition) is 2. The van der Waals surface area contributed by atoms with Crippen LogP contribution >= 0.6 is 11.6 Å². The van der Waals surface area contributed by atoms with Crippen LogP contribution in [0.4, 0.5) is 8.78 Å². The summed E-state index contributed by atoms with van der Waals surface area (Å²) in [6, 6.07) is 2.66. The third-order valence-electron chi connectivity index (χ3n) is 2.57. The molecule has 0 spiro atoms. The molecule has 0 radical (unpaired) electrons. The van der Waals surface area contributed by atoms with Crippen molar-refractivity contribution in [2.24, 2.45) is 0 Å². The number of aromatic nitrogens is 2. The molecular weight excluding hydrogens is 274 g/mol. The average Bonchev–Trinajstić information content (AvgIpc) is 2.69. The van der Waals surface area contributed by atoms with Gasteiger partial charge in [-0.25, -0.2) is 8.78 Å². The SMILES string of the molecule is CCCn1ncc(Cl)c1C(=O)c1cc(F)cc(F)c1. The molecule has 0 fully saturated rings. The van der Waals surface area contributed by atoms with Gasteiger partial charge in [-0.3, -0.25) is 9.48 Å². The predicted molar refractivity (Wildman–Crippen MR) is 67.3 cm³/mol. The minimum Gasteiger partial charge on any atom is -0.287 e. The molecule has 1 heterocycles. The van der Waals surface area contributed by atoms with Crippen molar-refractivity contribution in [2.45, 2.75) is 19.9 Å². The summed E-state index contributed by atoms with van der Waals surface area (Å²) >= 11 is 5.91. The molecular formula is C13H11ClF2N2O. The number of rotatable bonds is 4. The van der Waals surface area contributed by atoms with Crippen molar-refractivity contribution < 1.29 is 13.6 Å². The van der Waals surface area contributed by atoms with Crippen LogP contribution in [0.15, 0.2) is 24.4 Å². The Morgan fingerprint density at radius 3 is 2.53 bits per heavy atom. The number of carbonyl (C=O) groups is 1. The first-order chi connectivity index (χ1) is 9.02. The Balaban J connectivity index is 2.46. The molecule has 19 heavy (non-hydrogen) atoms. The molecule has 0 atom stereocenters. The normalized spacial score (nSPS) is 10.7. The Morgan fingerprint density at radius 1 is 1.32 bits per heavy atom. The van der Waals surface area contributed by atoms with E-state index in [0.717, 1.165) is 18.6 Å². The maximum Gasteiger partial charge on any atom is 0.212 e. The van der Waals surface area contributed by atoms with Crippen molar-refractivity contribution in [3.63, 3.8) is 0 Å². The summed E-state index contributed by atoms with van der Waals surface area (Å²) in [5.74, 6) is -2.16. The van der Waals surface area contributed by atoms with E-state index in [1.807, 2.05) is 6.92 Å². The third kappa shape index (κ3) is 2.81. The number of ketones is 1. The highest BCUT2D eigenvalue weighted by molar-refractivity contribution is 6.34. The lowest BCUT2D eigenvalue weighted by atomic mass is 10.1. The minimum atomic E-state index is -0.805. The lowest BCUT2D eigenvalue weighted by Gasteiger charge is -2.06. The van der Waals surface area contributed by atoms with Crippen molar-refractivity contribution >= 4 is 17.4 Å².